The predicted molar refractivity (Wildman–Crippen MR) is 80.3 cm³/mol. The van der Waals surface area contributed by atoms with E-state index in [0.29, 0.717) is 6.04 Å². The van der Waals surface area contributed by atoms with Crippen molar-refractivity contribution in [2.24, 2.45) is 0 Å². The van der Waals surface area contributed by atoms with Crippen LogP contribution in [-0.2, 0) is 6.54 Å². The van der Waals surface area contributed by atoms with Crippen molar-refractivity contribution in [3.63, 3.8) is 0 Å². The van der Waals surface area contributed by atoms with Crippen molar-refractivity contribution in [2.45, 2.75) is 58.5 Å². The van der Waals surface area contributed by atoms with Gasteiger partial charge in [0.2, 0.25) is 5.95 Å². The monoisotopic (exact) mass is 273 g/mol. The minimum absolute atomic E-state index is 0.561. The third-order valence-corrected chi connectivity index (χ3v) is 3.99. The van der Waals surface area contributed by atoms with E-state index in [1.165, 1.54) is 32.1 Å². The number of aryl methyl sites for hydroxylation is 2. The summed E-state index contributed by atoms with van der Waals surface area (Å²) < 4.78 is 4.05. The van der Waals surface area contributed by atoms with Crippen LogP contribution < -0.4 is 5.32 Å². The molecule has 0 amide bonds. The quantitative estimate of drug-likeness (QED) is 0.931. The maximum atomic E-state index is 4.63. The highest BCUT2D eigenvalue weighted by Gasteiger charge is 2.17. The molecule has 0 radical (unpaired) electrons. The number of nitrogens with zero attached hydrogens (tertiary/aromatic N) is 4. The first-order valence-corrected chi connectivity index (χ1v) is 7.61. The fourth-order valence-corrected chi connectivity index (χ4v) is 2.88. The molecule has 0 spiro atoms. The number of anilines is 1. The lowest BCUT2D eigenvalue weighted by Crippen LogP contribution is -2.24. The Balaban J connectivity index is 1.83. The van der Waals surface area contributed by atoms with Crippen molar-refractivity contribution >= 4 is 5.95 Å². The number of rotatable bonds is 4. The standard InChI is InChI=1S/C15H23N5/c1-3-19-11-14(9-16-19)20-10-12(2)17-15(20)18-13-7-5-4-6-8-13/h9-11,13H,3-8H2,1-2H3,(H,17,18). The molecule has 108 valence electrons. The highest BCUT2D eigenvalue weighted by Crippen LogP contribution is 2.23. The number of aromatic nitrogens is 4. The Labute approximate surface area is 120 Å². The van der Waals surface area contributed by atoms with Crippen LogP contribution in [0.15, 0.2) is 18.6 Å². The van der Waals surface area contributed by atoms with E-state index < -0.39 is 0 Å². The lowest BCUT2D eigenvalue weighted by atomic mass is 9.96. The van der Waals surface area contributed by atoms with Crippen LogP contribution >= 0.6 is 0 Å². The van der Waals surface area contributed by atoms with E-state index in [0.717, 1.165) is 23.9 Å². The molecule has 2 heterocycles. The Morgan fingerprint density at radius 3 is 2.75 bits per heavy atom. The van der Waals surface area contributed by atoms with Gasteiger partial charge in [0.1, 0.15) is 0 Å². The second-order valence-corrected chi connectivity index (χ2v) is 5.61. The third kappa shape index (κ3) is 2.71. The molecule has 5 nitrogen and oxygen atoms in total. The summed E-state index contributed by atoms with van der Waals surface area (Å²) in [5, 5.41) is 7.96. The van der Waals surface area contributed by atoms with E-state index in [1.807, 2.05) is 17.8 Å². The summed E-state index contributed by atoms with van der Waals surface area (Å²) in [4.78, 5) is 4.63. The van der Waals surface area contributed by atoms with Gasteiger partial charge in [-0.3, -0.25) is 9.25 Å². The highest BCUT2D eigenvalue weighted by molar-refractivity contribution is 5.41. The Morgan fingerprint density at radius 2 is 2.05 bits per heavy atom. The molecular weight excluding hydrogens is 250 g/mol. The molecule has 2 aromatic heterocycles. The average molecular weight is 273 g/mol. The van der Waals surface area contributed by atoms with Crippen LogP contribution in [0.1, 0.15) is 44.7 Å². The first kappa shape index (κ1) is 13.2. The number of hydrogen-bond acceptors (Lipinski definition) is 3. The maximum Gasteiger partial charge on any atom is 0.208 e. The zero-order valence-corrected chi connectivity index (χ0v) is 12.3. The molecule has 3 rings (SSSR count). The van der Waals surface area contributed by atoms with E-state index in [1.54, 1.807) is 0 Å². The minimum Gasteiger partial charge on any atom is -0.353 e. The summed E-state index contributed by atoms with van der Waals surface area (Å²) >= 11 is 0. The zero-order chi connectivity index (χ0) is 13.9. The van der Waals surface area contributed by atoms with Crippen molar-refractivity contribution in [2.75, 3.05) is 5.32 Å². The molecule has 1 N–H and O–H groups in total. The number of hydrogen-bond donors (Lipinski definition) is 1. The molecular formula is C15H23N5. The maximum absolute atomic E-state index is 4.63. The van der Waals surface area contributed by atoms with Gasteiger partial charge in [0.05, 0.1) is 17.6 Å². The van der Waals surface area contributed by atoms with Gasteiger partial charge in [-0.1, -0.05) is 19.3 Å². The molecule has 0 saturated heterocycles. The van der Waals surface area contributed by atoms with Crippen molar-refractivity contribution in [1.29, 1.82) is 0 Å². The van der Waals surface area contributed by atoms with Crippen LogP contribution in [0.3, 0.4) is 0 Å². The minimum atomic E-state index is 0.561. The largest absolute Gasteiger partial charge is 0.353 e. The third-order valence-electron chi connectivity index (χ3n) is 3.99. The molecule has 1 fully saturated rings. The molecule has 0 aromatic carbocycles. The van der Waals surface area contributed by atoms with Gasteiger partial charge >= 0.3 is 0 Å². The molecule has 0 unspecified atom stereocenters. The molecule has 0 aliphatic heterocycles. The highest BCUT2D eigenvalue weighted by atomic mass is 15.3. The smallest absolute Gasteiger partial charge is 0.208 e. The zero-order valence-electron chi connectivity index (χ0n) is 12.3. The number of nitrogens with one attached hydrogen (secondary N) is 1. The van der Waals surface area contributed by atoms with Gasteiger partial charge < -0.3 is 5.32 Å². The van der Waals surface area contributed by atoms with E-state index in [2.05, 4.69) is 39.3 Å². The summed E-state index contributed by atoms with van der Waals surface area (Å²) in [6, 6.07) is 0.561. The summed E-state index contributed by atoms with van der Waals surface area (Å²) in [6.45, 7) is 5.02. The van der Waals surface area contributed by atoms with E-state index in [4.69, 9.17) is 0 Å². The van der Waals surface area contributed by atoms with Gasteiger partial charge in [-0.05, 0) is 26.7 Å². The van der Waals surface area contributed by atoms with Crippen LogP contribution in [0.5, 0.6) is 0 Å². The molecule has 20 heavy (non-hydrogen) atoms. The number of imidazole rings is 1. The Kier molecular flexibility index (Phi) is 3.76. The van der Waals surface area contributed by atoms with Crippen molar-refractivity contribution < 1.29 is 0 Å². The van der Waals surface area contributed by atoms with Crippen molar-refractivity contribution in [3.8, 4) is 5.69 Å². The summed E-state index contributed by atoms with van der Waals surface area (Å²) in [5.41, 5.74) is 2.11. The van der Waals surface area contributed by atoms with Crippen molar-refractivity contribution in [1.82, 2.24) is 19.3 Å². The van der Waals surface area contributed by atoms with Gasteiger partial charge in [-0.25, -0.2) is 4.98 Å². The molecule has 1 saturated carbocycles. The Bertz CT molecular complexity index is 563. The fraction of sp³-hybridized carbons (Fsp3) is 0.600. The Hall–Kier alpha value is -1.78. The second kappa shape index (κ2) is 5.69. The molecule has 1 aliphatic carbocycles. The first-order valence-electron chi connectivity index (χ1n) is 7.61. The van der Waals surface area contributed by atoms with E-state index in [9.17, 15) is 0 Å². The summed E-state index contributed by atoms with van der Waals surface area (Å²) in [6.07, 6.45) is 12.6. The van der Waals surface area contributed by atoms with Crippen LogP contribution in [0.4, 0.5) is 5.95 Å². The van der Waals surface area contributed by atoms with Gasteiger partial charge in [-0.2, -0.15) is 5.10 Å². The first-order chi connectivity index (χ1) is 9.76. The topological polar surface area (TPSA) is 47.7 Å². The van der Waals surface area contributed by atoms with Gasteiger partial charge in [0, 0.05) is 25.0 Å². The SMILES string of the molecule is CCn1cc(-n2cc(C)nc2NC2CCCCC2)cn1. The van der Waals surface area contributed by atoms with E-state index >= 15 is 0 Å². The van der Waals surface area contributed by atoms with Crippen LogP contribution in [0.25, 0.3) is 5.69 Å². The lowest BCUT2D eigenvalue weighted by Gasteiger charge is -2.23. The van der Waals surface area contributed by atoms with Gasteiger partial charge in [0.15, 0.2) is 0 Å². The van der Waals surface area contributed by atoms with Crippen molar-refractivity contribution in [3.05, 3.63) is 24.3 Å². The fourth-order valence-electron chi connectivity index (χ4n) is 2.88. The van der Waals surface area contributed by atoms with E-state index in [-0.39, 0.29) is 0 Å². The van der Waals surface area contributed by atoms with Crippen LogP contribution in [0.2, 0.25) is 0 Å². The molecule has 0 atom stereocenters. The Morgan fingerprint density at radius 1 is 1.25 bits per heavy atom. The lowest BCUT2D eigenvalue weighted by molar-refractivity contribution is 0.460. The van der Waals surface area contributed by atoms with Crippen LogP contribution in [-0.4, -0.2) is 25.4 Å². The van der Waals surface area contributed by atoms with Gasteiger partial charge in [-0.15, -0.1) is 0 Å². The average Bonchev–Trinajstić information content (AvgIpc) is 3.06. The van der Waals surface area contributed by atoms with Gasteiger partial charge in [0.25, 0.3) is 0 Å². The molecule has 2 aromatic rings. The normalized spacial score (nSPS) is 16.5. The molecule has 0 bridgehead atoms. The molecule has 1 aliphatic rings. The summed E-state index contributed by atoms with van der Waals surface area (Å²) in [7, 11) is 0. The van der Waals surface area contributed by atoms with Crippen LogP contribution in [0, 0.1) is 6.92 Å². The summed E-state index contributed by atoms with van der Waals surface area (Å²) in [5.74, 6) is 0.949. The second-order valence-electron chi connectivity index (χ2n) is 5.61. The molecule has 5 heteroatoms. The predicted octanol–water partition coefficient (Wildman–Crippen LogP) is 3.14.